The topological polar surface area (TPSA) is 71.3 Å². The zero-order valence-electron chi connectivity index (χ0n) is 17.3. The normalized spacial score (nSPS) is 10.9. The van der Waals surface area contributed by atoms with Gasteiger partial charge in [0.05, 0.1) is 11.1 Å². The molecule has 3 aromatic rings. The van der Waals surface area contributed by atoms with Crippen LogP contribution in [-0.2, 0) is 11.4 Å². The van der Waals surface area contributed by atoms with Crippen LogP contribution in [0.1, 0.15) is 18.1 Å². The first-order valence-corrected chi connectivity index (χ1v) is 11.4. The van der Waals surface area contributed by atoms with Crippen LogP contribution in [0, 0.1) is 11.3 Å². The lowest BCUT2D eigenvalue weighted by Gasteiger charge is -2.10. The molecule has 0 aliphatic rings. The Morgan fingerprint density at radius 1 is 1.06 bits per heavy atom. The zero-order chi connectivity index (χ0) is 22.9. The molecule has 0 atom stereocenters. The van der Waals surface area contributed by atoms with E-state index in [1.165, 1.54) is 6.08 Å². The van der Waals surface area contributed by atoms with Gasteiger partial charge in [-0.05, 0) is 76.5 Å². The molecule has 0 aliphatic heterocycles. The van der Waals surface area contributed by atoms with Crippen molar-refractivity contribution in [1.29, 1.82) is 5.26 Å². The lowest BCUT2D eigenvalue weighted by atomic mass is 10.1. The lowest BCUT2D eigenvalue weighted by molar-refractivity contribution is -0.112. The Balaban J connectivity index is 1.69. The van der Waals surface area contributed by atoms with Gasteiger partial charge in [0.1, 0.15) is 29.7 Å². The lowest BCUT2D eigenvalue weighted by Crippen LogP contribution is -2.13. The standard InChI is InChI=1S/C25H20Br2N2O3/c1-2-31-22-5-3-4-21(14-22)29-25(30)19(15-28)12-18-8-11-24(23(27)13-18)32-16-17-6-9-20(26)10-7-17/h3-14H,2,16H2,1H3,(H,29,30)/b19-12+. The number of hydrogen-bond donors (Lipinski definition) is 1. The van der Waals surface area contributed by atoms with Crippen molar-refractivity contribution in [2.75, 3.05) is 11.9 Å². The number of nitrogens with one attached hydrogen (secondary N) is 1. The molecule has 0 bridgehead atoms. The maximum atomic E-state index is 12.6. The van der Waals surface area contributed by atoms with Gasteiger partial charge in [-0.1, -0.05) is 40.2 Å². The molecule has 7 heteroatoms. The molecule has 0 heterocycles. The Morgan fingerprint density at radius 2 is 1.84 bits per heavy atom. The maximum absolute atomic E-state index is 12.6. The molecular formula is C25H20Br2N2O3. The Labute approximate surface area is 203 Å². The predicted octanol–water partition coefficient (Wildman–Crippen LogP) is 6.73. The summed E-state index contributed by atoms with van der Waals surface area (Å²) < 4.78 is 13.0. The van der Waals surface area contributed by atoms with Crippen molar-refractivity contribution in [2.45, 2.75) is 13.5 Å². The van der Waals surface area contributed by atoms with E-state index in [0.717, 1.165) is 14.5 Å². The van der Waals surface area contributed by atoms with Crippen LogP contribution in [0.5, 0.6) is 11.5 Å². The van der Waals surface area contributed by atoms with Gasteiger partial charge in [0.15, 0.2) is 0 Å². The second kappa shape index (κ2) is 11.5. The molecule has 0 aliphatic carbocycles. The summed E-state index contributed by atoms with van der Waals surface area (Å²) in [5.41, 5.74) is 2.28. The summed E-state index contributed by atoms with van der Waals surface area (Å²) in [4.78, 5) is 12.6. The van der Waals surface area contributed by atoms with E-state index in [1.54, 1.807) is 42.5 Å². The summed E-state index contributed by atoms with van der Waals surface area (Å²) >= 11 is 6.91. The van der Waals surface area contributed by atoms with Crippen molar-refractivity contribution in [3.8, 4) is 17.6 Å². The molecule has 3 rings (SSSR count). The number of anilines is 1. The van der Waals surface area contributed by atoms with Crippen LogP contribution in [0.3, 0.4) is 0 Å². The minimum atomic E-state index is -0.493. The summed E-state index contributed by atoms with van der Waals surface area (Å²) in [7, 11) is 0. The van der Waals surface area contributed by atoms with Crippen LogP contribution in [-0.4, -0.2) is 12.5 Å². The first kappa shape index (κ1) is 23.6. The highest BCUT2D eigenvalue weighted by Crippen LogP contribution is 2.28. The average Bonchev–Trinajstić information content (AvgIpc) is 2.78. The van der Waals surface area contributed by atoms with Crippen molar-refractivity contribution >= 4 is 49.5 Å². The predicted molar refractivity (Wildman–Crippen MR) is 132 cm³/mol. The van der Waals surface area contributed by atoms with E-state index in [0.29, 0.717) is 36.0 Å². The molecule has 162 valence electrons. The van der Waals surface area contributed by atoms with E-state index in [4.69, 9.17) is 9.47 Å². The SMILES string of the molecule is CCOc1cccc(NC(=O)/C(C#N)=C/c2ccc(OCc3ccc(Br)cc3)c(Br)c2)c1. The molecule has 0 spiro atoms. The summed E-state index contributed by atoms with van der Waals surface area (Å²) in [5.74, 6) is 0.823. The first-order valence-electron chi connectivity index (χ1n) is 9.81. The van der Waals surface area contributed by atoms with Gasteiger partial charge >= 0.3 is 0 Å². The maximum Gasteiger partial charge on any atom is 0.266 e. The minimum Gasteiger partial charge on any atom is -0.494 e. The van der Waals surface area contributed by atoms with E-state index in [1.807, 2.05) is 37.3 Å². The van der Waals surface area contributed by atoms with Crippen molar-refractivity contribution < 1.29 is 14.3 Å². The van der Waals surface area contributed by atoms with E-state index < -0.39 is 5.91 Å². The Kier molecular flexibility index (Phi) is 8.48. The second-order valence-corrected chi connectivity index (χ2v) is 8.46. The number of nitriles is 1. The monoisotopic (exact) mass is 554 g/mol. The summed E-state index contributed by atoms with van der Waals surface area (Å²) in [6, 6.07) is 22.3. The molecule has 0 saturated heterocycles. The molecule has 32 heavy (non-hydrogen) atoms. The van der Waals surface area contributed by atoms with Gasteiger partial charge in [-0.3, -0.25) is 4.79 Å². The molecule has 1 amide bonds. The minimum absolute atomic E-state index is 0.0118. The molecule has 0 fully saturated rings. The average molecular weight is 556 g/mol. The van der Waals surface area contributed by atoms with Crippen LogP contribution in [0.25, 0.3) is 6.08 Å². The van der Waals surface area contributed by atoms with Gasteiger partial charge in [0.25, 0.3) is 5.91 Å². The van der Waals surface area contributed by atoms with Crippen molar-refractivity contribution in [3.05, 3.63) is 92.4 Å². The molecule has 0 saturated carbocycles. The highest BCUT2D eigenvalue weighted by Gasteiger charge is 2.11. The first-order chi connectivity index (χ1) is 15.5. The van der Waals surface area contributed by atoms with Crippen LogP contribution >= 0.6 is 31.9 Å². The molecule has 0 unspecified atom stereocenters. The third-order valence-electron chi connectivity index (χ3n) is 4.34. The summed E-state index contributed by atoms with van der Waals surface area (Å²) in [6.07, 6.45) is 1.53. The number of rotatable bonds is 8. The highest BCUT2D eigenvalue weighted by molar-refractivity contribution is 9.10. The van der Waals surface area contributed by atoms with Crippen LogP contribution < -0.4 is 14.8 Å². The molecule has 0 radical (unpaired) electrons. The van der Waals surface area contributed by atoms with Gasteiger partial charge in [-0.25, -0.2) is 0 Å². The third kappa shape index (κ3) is 6.71. The van der Waals surface area contributed by atoms with E-state index in [-0.39, 0.29) is 5.57 Å². The van der Waals surface area contributed by atoms with Crippen LogP contribution in [0.15, 0.2) is 81.2 Å². The summed E-state index contributed by atoms with van der Waals surface area (Å²) in [6.45, 7) is 2.84. The fraction of sp³-hybridized carbons (Fsp3) is 0.120. The third-order valence-corrected chi connectivity index (χ3v) is 5.49. The van der Waals surface area contributed by atoms with E-state index in [2.05, 4.69) is 37.2 Å². The van der Waals surface area contributed by atoms with Gasteiger partial charge in [0, 0.05) is 16.2 Å². The number of carbonyl (C=O) groups excluding carboxylic acids is 1. The fourth-order valence-corrected chi connectivity index (χ4v) is 3.58. The second-order valence-electron chi connectivity index (χ2n) is 6.69. The van der Waals surface area contributed by atoms with Crippen LogP contribution in [0.2, 0.25) is 0 Å². The van der Waals surface area contributed by atoms with Crippen molar-refractivity contribution in [1.82, 2.24) is 0 Å². The largest absolute Gasteiger partial charge is 0.494 e. The fourth-order valence-electron chi connectivity index (χ4n) is 2.81. The number of hydrogen-bond acceptors (Lipinski definition) is 4. The molecule has 5 nitrogen and oxygen atoms in total. The molecule has 1 N–H and O–H groups in total. The number of nitrogens with zero attached hydrogens (tertiary/aromatic N) is 1. The van der Waals surface area contributed by atoms with Gasteiger partial charge in [0.2, 0.25) is 0 Å². The smallest absolute Gasteiger partial charge is 0.266 e. The number of ether oxygens (including phenoxy) is 2. The quantitative estimate of drug-likeness (QED) is 0.247. The zero-order valence-corrected chi connectivity index (χ0v) is 20.4. The number of benzene rings is 3. The van der Waals surface area contributed by atoms with Gasteiger partial charge in [-0.2, -0.15) is 5.26 Å². The number of amides is 1. The molecular weight excluding hydrogens is 536 g/mol. The van der Waals surface area contributed by atoms with E-state index >= 15 is 0 Å². The summed E-state index contributed by atoms with van der Waals surface area (Å²) in [5, 5.41) is 12.2. The van der Waals surface area contributed by atoms with Gasteiger partial charge in [-0.15, -0.1) is 0 Å². The number of halogens is 2. The van der Waals surface area contributed by atoms with Crippen LogP contribution in [0.4, 0.5) is 5.69 Å². The van der Waals surface area contributed by atoms with E-state index in [9.17, 15) is 10.1 Å². The number of carbonyl (C=O) groups is 1. The van der Waals surface area contributed by atoms with Crippen molar-refractivity contribution in [2.24, 2.45) is 0 Å². The Hall–Kier alpha value is -3.08. The molecule has 3 aromatic carbocycles. The van der Waals surface area contributed by atoms with Gasteiger partial charge < -0.3 is 14.8 Å². The Bertz CT molecular complexity index is 1170. The Morgan fingerprint density at radius 3 is 2.53 bits per heavy atom. The highest BCUT2D eigenvalue weighted by atomic mass is 79.9. The molecule has 0 aromatic heterocycles. The van der Waals surface area contributed by atoms with Crippen molar-refractivity contribution in [3.63, 3.8) is 0 Å².